The van der Waals surface area contributed by atoms with E-state index >= 15 is 0 Å². The predicted octanol–water partition coefficient (Wildman–Crippen LogP) is 4.23. The highest BCUT2D eigenvalue weighted by atomic mass is 127. The van der Waals surface area contributed by atoms with Gasteiger partial charge in [0.1, 0.15) is 0 Å². The molecule has 1 heterocycles. The zero-order chi connectivity index (χ0) is 10.1. The normalized spacial score (nSPS) is 10.8. The Hall–Kier alpha value is -0.0600. The van der Waals surface area contributed by atoms with Crippen molar-refractivity contribution in [1.29, 1.82) is 0 Å². The van der Waals surface area contributed by atoms with Crippen molar-refractivity contribution in [1.82, 2.24) is 4.98 Å². The molecule has 0 aliphatic rings. The molecule has 14 heavy (non-hydrogen) atoms. The van der Waals surface area contributed by atoms with Gasteiger partial charge in [-0.2, -0.15) is 0 Å². The Kier molecular flexibility index (Phi) is 3.14. The van der Waals surface area contributed by atoms with E-state index in [0.717, 1.165) is 20.2 Å². The van der Waals surface area contributed by atoms with Crippen molar-refractivity contribution in [2.24, 2.45) is 0 Å². The highest BCUT2D eigenvalue weighted by molar-refractivity contribution is 14.1. The van der Waals surface area contributed by atoms with Gasteiger partial charge in [-0.25, -0.2) is 4.98 Å². The van der Waals surface area contributed by atoms with Crippen LogP contribution in [0.3, 0.4) is 0 Å². The molecule has 0 amide bonds. The van der Waals surface area contributed by atoms with Crippen LogP contribution < -0.4 is 0 Å². The van der Waals surface area contributed by atoms with Crippen molar-refractivity contribution in [3.63, 3.8) is 0 Å². The lowest BCUT2D eigenvalue weighted by Gasteiger charge is -2.06. The first-order chi connectivity index (χ1) is 6.74. The first kappa shape index (κ1) is 10.5. The molecule has 0 aliphatic carbocycles. The lowest BCUT2D eigenvalue weighted by Crippen LogP contribution is -1.92. The van der Waals surface area contributed by atoms with Gasteiger partial charge >= 0.3 is 0 Å². The second-order valence-corrected chi connectivity index (χ2v) is 4.56. The van der Waals surface area contributed by atoms with Crippen molar-refractivity contribution >= 4 is 56.7 Å². The van der Waals surface area contributed by atoms with Gasteiger partial charge in [-0.3, -0.25) is 0 Å². The SMILES string of the molecule is ClCc1nc2ccccc2c(I)c1Cl. The van der Waals surface area contributed by atoms with Crippen LogP contribution in [0.2, 0.25) is 5.02 Å². The van der Waals surface area contributed by atoms with Crippen molar-refractivity contribution in [3.8, 4) is 0 Å². The van der Waals surface area contributed by atoms with Crippen molar-refractivity contribution in [3.05, 3.63) is 38.6 Å². The van der Waals surface area contributed by atoms with Gasteiger partial charge in [0.25, 0.3) is 0 Å². The Bertz CT molecular complexity index is 485. The van der Waals surface area contributed by atoms with E-state index in [1.807, 2.05) is 24.3 Å². The fourth-order valence-corrected chi connectivity index (χ4v) is 2.52. The minimum atomic E-state index is 0.347. The minimum Gasteiger partial charge on any atom is -0.250 e. The fourth-order valence-electron chi connectivity index (χ4n) is 1.28. The number of rotatable bonds is 1. The molecule has 0 saturated heterocycles. The van der Waals surface area contributed by atoms with E-state index in [0.29, 0.717) is 10.9 Å². The molecule has 1 nitrogen and oxygen atoms in total. The molecule has 2 aromatic rings. The van der Waals surface area contributed by atoms with Crippen LogP contribution in [0, 0.1) is 3.57 Å². The fraction of sp³-hybridized carbons (Fsp3) is 0.100. The zero-order valence-electron chi connectivity index (χ0n) is 7.10. The number of para-hydroxylation sites is 1. The van der Waals surface area contributed by atoms with Gasteiger partial charge in [-0.05, 0) is 28.7 Å². The standard InChI is InChI=1S/C10H6Cl2IN/c11-5-8-9(12)10(13)6-3-1-2-4-7(6)14-8/h1-4H,5H2. The second-order valence-electron chi connectivity index (χ2n) is 2.84. The zero-order valence-corrected chi connectivity index (χ0v) is 10.8. The molecule has 72 valence electrons. The molecule has 0 aliphatic heterocycles. The molecule has 0 fully saturated rings. The van der Waals surface area contributed by atoms with Crippen molar-refractivity contribution in [2.75, 3.05) is 0 Å². The number of nitrogens with zero attached hydrogens (tertiary/aromatic N) is 1. The average molecular weight is 338 g/mol. The number of benzene rings is 1. The van der Waals surface area contributed by atoms with Gasteiger partial charge in [0.2, 0.25) is 0 Å². The van der Waals surface area contributed by atoms with Crippen LogP contribution in [0.25, 0.3) is 10.9 Å². The molecule has 0 unspecified atom stereocenters. The molecule has 4 heteroatoms. The highest BCUT2D eigenvalue weighted by Gasteiger charge is 2.09. The van der Waals surface area contributed by atoms with Gasteiger partial charge in [-0.1, -0.05) is 29.8 Å². The van der Waals surface area contributed by atoms with Crippen molar-refractivity contribution < 1.29 is 0 Å². The summed E-state index contributed by atoms with van der Waals surface area (Å²) in [6.45, 7) is 0. The molecule has 1 aromatic heterocycles. The molecule has 0 saturated carbocycles. The molecule has 0 N–H and O–H groups in total. The highest BCUT2D eigenvalue weighted by Crippen LogP contribution is 2.29. The van der Waals surface area contributed by atoms with E-state index in [4.69, 9.17) is 23.2 Å². The summed E-state index contributed by atoms with van der Waals surface area (Å²) in [5.74, 6) is 0.347. The van der Waals surface area contributed by atoms with E-state index < -0.39 is 0 Å². The third-order valence-corrected chi connectivity index (χ3v) is 4.07. The smallest absolute Gasteiger partial charge is 0.0773 e. The molecular formula is C10H6Cl2IN. The Morgan fingerprint density at radius 2 is 2.00 bits per heavy atom. The Labute approximate surface area is 106 Å². The largest absolute Gasteiger partial charge is 0.250 e. The Morgan fingerprint density at radius 3 is 2.71 bits per heavy atom. The molecule has 0 bridgehead atoms. The summed E-state index contributed by atoms with van der Waals surface area (Å²) in [5.41, 5.74) is 1.69. The summed E-state index contributed by atoms with van der Waals surface area (Å²) in [5, 5.41) is 1.74. The Balaban J connectivity index is 2.85. The lowest BCUT2D eigenvalue weighted by atomic mass is 10.2. The molecule has 0 radical (unpaired) electrons. The summed E-state index contributed by atoms with van der Waals surface area (Å²) in [6.07, 6.45) is 0. The molecule has 0 spiro atoms. The maximum Gasteiger partial charge on any atom is 0.0773 e. The maximum atomic E-state index is 6.12. The number of aromatic nitrogens is 1. The number of fused-ring (bicyclic) bond motifs is 1. The number of alkyl halides is 1. The monoisotopic (exact) mass is 337 g/mol. The average Bonchev–Trinajstić information content (AvgIpc) is 2.23. The van der Waals surface area contributed by atoms with E-state index in [1.54, 1.807) is 0 Å². The summed E-state index contributed by atoms with van der Waals surface area (Å²) in [6, 6.07) is 7.90. The van der Waals surface area contributed by atoms with Crippen LogP contribution in [0.5, 0.6) is 0 Å². The van der Waals surface area contributed by atoms with Crippen LogP contribution in [-0.2, 0) is 5.88 Å². The second kappa shape index (κ2) is 4.21. The number of hydrogen-bond acceptors (Lipinski definition) is 1. The lowest BCUT2D eigenvalue weighted by molar-refractivity contribution is 1.21. The molecule has 1 aromatic carbocycles. The van der Waals surface area contributed by atoms with E-state index in [-0.39, 0.29) is 0 Å². The number of pyridine rings is 1. The van der Waals surface area contributed by atoms with Crippen molar-refractivity contribution in [2.45, 2.75) is 5.88 Å². The van der Waals surface area contributed by atoms with Crippen LogP contribution in [0.15, 0.2) is 24.3 Å². The summed E-state index contributed by atoms with van der Waals surface area (Å²) < 4.78 is 1.02. The van der Waals surface area contributed by atoms with Gasteiger partial charge in [0, 0.05) is 8.96 Å². The maximum absolute atomic E-state index is 6.12. The summed E-state index contributed by atoms with van der Waals surface area (Å²) in [4.78, 5) is 4.39. The van der Waals surface area contributed by atoms with Gasteiger partial charge < -0.3 is 0 Å². The summed E-state index contributed by atoms with van der Waals surface area (Å²) >= 11 is 14.1. The van der Waals surface area contributed by atoms with Gasteiger partial charge in [-0.15, -0.1) is 11.6 Å². The van der Waals surface area contributed by atoms with Gasteiger partial charge in [0.15, 0.2) is 0 Å². The third-order valence-electron chi connectivity index (χ3n) is 1.97. The van der Waals surface area contributed by atoms with Crippen LogP contribution >= 0.6 is 45.8 Å². The minimum absolute atomic E-state index is 0.347. The topological polar surface area (TPSA) is 12.9 Å². The first-order valence-electron chi connectivity index (χ1n) is 4.02. The molecule has 0 atom stereocenters. The van der Waals surface area contributed by atoms with Gasteiger partial charge in [0.05, 0.1) is 22.1 Å². The molecule has 2 rings (SSSR count). The Morgan fingerprint density at radius 1 is 1.29 bits per heavy atom. The van der Waals surface area contributed by atoms with E-state index in [1.165, 1.54) is 0 Å². The summed E-state index contributed by atoms with van der Waals surface area (Å²) in [7, 11) is 0. The van der Waals surface area contributed by atoms with E-state index in [2.05, 4.69) is 27.6 Å². The third kappa shape index (κ3) is 1.71. The van der Waals surface area contributed by atoms with Crippen LogP contribution in [-0.4, -0.2) is 4.98 Å². The van der Waals surface area contributed by atoms with E-state index in [9.17, 15) is 0 Å². The number of halogens is 3. The predicted molar refractivity (Wildman–Crippen MR) is 69.0 cm³/mol. The van der Waals surface area contributed by atoms with Crippen LogP contribution in [0.1, 0.15) is 5.69 Å². The first-order valence-corrected chi connectivity index (χ1v) is 6.01. The molecular weight excluding hydrogens is 332 g/mol. The van der Waals surface area contributed by atoms with Crippen LogP contribution in [0.4, 0.5) is 0 Å². The quantitative estimate of drug-likeness (QED) is 0.560. The number of hydrogen-bond donors (Lipinski definition) is 0.